The van der Waals surface area contributed by atoms with Crippen LogP contribution in [-0.2, 0) is 6.42 Å². The molecule has 5 nitrogen and oxygen atoms in total. The zero-order valence-corrected chi connectivity index (χ0v) is 15.8. The van der Waals surface area contributed by atoms with E-state index < -0.39 is 0 Å². The van der Waals surface area contributed by atoms with Crippen LogP contribution >= 0.6 is 11.3 Å². The molecule has 144 valence electrons. The second-order valence-corrected chi connectivity index (χ2v) is 7.42. The largest absolute Gasteiger partial charge is 0.470 e. The van der Waals surface area contributed by atoms with E-state index in [4.69, 9.17) is 4.74 Å². The Labute approximate surface area is 168 Å². The molecule has 29 heavy (non-hydrogen) atoms. The van der Waals surface area contributed by atoms with Crippen molar-refractivity contribution >= 4 is 32.6 Å². The first-order chi connectivity index (χ1) is 14.2. The molecule has 0 fully saturated rings. The first-order valence-electron chi connectivity index (χ1n) is 8.93. The lowest BCUT2D eigenvalue weighted by molar-refractivity contribution is 0.321. The number of benzene rings is 2. The smallest absolute Gasteiger partial charge is 0.275 e. The van der Waals surface area contributed by atoms with Crippen LogP contribution in [0.15, 0.2) is 54.9 Å². The van der Waals surface area contributed by atoms with Gasteiger partial charge in [-0.05, 0) is 35.9 Å². The number of rotatable bonds is 5. The van der Waals surface area contributed by atoms with Gasteiger partial charge in [0.1, 0.15) is 17.2 Å². The standard InChI is InChI=1S/C21H14F2N4OS/c22-14-3-1-2-12(8-14)19-25-11-18-20(27-19)29-21(26-18)28-7-6-13-10-24-17-5-4-15(23)9-16(13)17/h1-5,8-11,24H,6-7H2. The summed E-state index contributed by atoms with van der Waals surface area (Å²) in [4.78, 5) is 16.9. The molecular formula is C21H14F2N4OS. The summed E-state index contributed by atoms with van der Waals surface area (Å²) in [6.45, 7) is 0.396. The molecule has 0 aliphatic rings. The van der Waals surface area contributed by atoms with Gasteiger partial charge in [0.05, 0.1) is 12.8 Å². The van der Waals surface area contributed by atoms with Crippen molar-refractivity contribution in [3.63, 3.8) is 0 Å². The highest BCUT2D eigenvalue weighted by Gasteiger charge is 2.11. The van der Waals surface area contributed by atoms with Gasteiger partial charge in [-0.25, -0.2) is 18.7 Å². The Hall–Kier alpha value is -3.39. The molecule has 8 heteroatoms. The summed E-state index contributed by atoms with van der Waals surface area (Å²) in [5, 5.41) is 1.33. The van der Waals surface area contributed by atoms with Crippen LogP contribution in [0.25, 0.3) is 32.6 Å². The molecule has 0 saturated heterocycles. The predicted octanol–water partition coefficient (Wildman–Crippen LogP) is 5.13. The number of hydrogen-bond donors (Lipinski definition) is 1. The van der Waals surface area contributed by atoms with Gasteiger partial charge in [0.25, 0.3) is 5.19 Å². The molecule has 0 bridgehead atoms. The van der Waals surface area contributed by atoms with E-state index in [0.29, 0.717) is 40.0 Å². The first-order valence-corrected chi connectivity index (χ1v) is 9.75. The molecule has 5 rings (SSSR count). The van der Waals surface area contributed by atoms with Crippen LogP contribution in [0, 0.1) is 11.6 Å². The minimum atomic E-state index is -0.336. The Balaban J connectivity index is 1.32. The molecule has 3 heterocycles. The fraction of sp³-hybridized carbons (Fsp3) is 0.0952. The zero-order chi connectivity index (χ0) is 19.8. The Morgan fingerprint density at radius 1 is 1.03 bits per heavy atom. The number of ether oxygens (including phenoxy) is 1. The van der Waals surface area contributed by atoms with Crippen LogP contribution in [0.1, 0.15) is 5.56 Å². The number of nitrogens with one attached hydrogen (secondary N) is 1. The summed E-state index contributed by atoms with van der Waals surface area (Å²) in [5.41, 5.74) is 3.10. The van der Waals surface area contributed by atoms with Crippen LogP contribution in [-0.4, -0.2) is 26.5 Å². The van der Waals surface area contributed by atoms with E-state index in [2.05, 4.69) is 19.9 Å². The van der Waals surface area contributed by atoms with Crippen molar-refractivity contribution in [2.24, 2.45) is 0 Å². The number of aromatic nitrogens is 4. The average molecular weight is 408 g/mol. The molecule has 0 unspecified atom stereocenters. The zero-order valence-electron chi connectivity index (χ0n) is 15.0. The second-order valence-electron chi connectivity index (χ2n) is 6.48. The normalized spacial score (nSPS) is 11.4. The summed E-state index contributed by atoms with van der Waals surface area (Å²) >= 11 is 1.31. The van der Waals surface area contributed by atoms with Crippen molar-refractivity contribution in [2.45, 2.75) is 6.42 Å². The van der Waals surface area contributed by atoms with E-state index in [1.807, 2.05) is 6.20 Å². The number of H-pyrrole nitrogens is 1. The Bertz CT molecular complexity index is 1330. The molecule has 3 aromatic heterocycles. The lowest BCUT2D eigenvalue weighted by atomic mass is 10.1. The molecule has 0 aliphatic heterocycles. The Kier molecular flexibility index (Phi) is 4.40. The van der Waals surface area contributed by atoms with Crippen LogP contribution in [0.3, 0.4) is 0 Å². The quantitative estimate of drug-likeness (QED) is 0.438. The third-order valence-corrected chi connectivity index (χ3v) is 5.42. The van der Waals surface area contributed by atoms with Gasteiger partial charge in [0.2, 0.25) is 0 Å². The Morgan fingerprint density at radius 2 is 1.93 bits per heavy atom. The van der Waals surface area contributed by atoms with Gasteiger partial charge in [0.15, 0.2) is 10.7 Å². The minimum absolute atomic E-state index is 0.266. The van der Waals surface area contributed by atoms with Crippen molar-refractivity contribution in [2.75, 3.05) is 6.61 Å². The minimum Gasteiger partial charge on any atom is -0.470 e. The maximum atomic E-state index is 13.5. The lowest BCUT2D eigenvalue weighted by Crippen LogP contribution is -2.00. The molecule has 0 saturated carbocycles. The van der Waals surface area contributed by atoms with Crippen molar-refractivity contribution in [1.82, 2.24) is 19.9 Å². The highest BCUT2D eigenvalue weighted by molar-refractivity contribution is 7.19. The number of halogens is 2. The van der Waals surface area contributed by atoms with Crippen LogP contribution < -0.4 is 4.74 Å². The van der Waals surface area contributed by atoms with Crippen LogP contribution in [0.2, 0.25) is 0 Å². The third kappa shape index (κ3) is 3.54. The van der Waals surface area contributed by atoms with Crippen molar-refractivity contribution in [1.29, 1.82) is 0 Å². The van der Waals surface area contributed by atoms with Crippen molar-refractivity contribution in [3.8, 4) is 16.6 Å². The molecule has 2 aromatic carbocycles. The lowest BCUT2D eigenvalue weighted by Gasteiger charge is -2.01. The third-order valence-electron chi connectivity index (χ3n) is 4.54. The molecule has 0 radical (unpaired) electrons. The van der Waals surface area contributed by atoms with Gasteiger partial charge < -0.3 is 9.72 Å². The number of hydrogen-bond acceptors (Lipinski definition) is 5. The monoisotopic (exact) mass is 408 g/mol. The summed E-state index contributed by atoms with van der Waals surface area (Å²) in [5.74, 6) is -0.164. The molecular weight excluding hydrogens is 394 g/mol. The summed E-state index contributed by atoms with van der Waals surface area (Å²) in [7, 11) is 0. The van der Waals surface area contributed by atoms with E-state index in [-0.39, 0.29) is 11.6 Å². The van der Waals surface area contributed by atoms with E-state index in [0.717, 1.165) is 16.5 Å². The molecule has 5 aromatic rings. The van der Waals surface area contributed by atoms with Crippen LogP contribution in [0.4, 0.5) is 8.78 Å². The molecule has 0 aliphatic carbocycles. The molecule has 0 spiro atoms. The van der Waals surface area contributed by atoms with Crippen LogP contribution in [0.5, 0.6) is 5.19 Å². The highest BCUT2D eigenvalue weighted by Crippen LogP contribution is 2.28. The van der Waals surface area contributed by atoms with E-state index in [9.17, 15) is 8.78 Å². The fourth-order valence-electron chi connectivity index (χ4n) is 3.15. The SMILES string of the molecule is Fc1cccc(-c2ncc3nc(OCCc4c[nH]c5ccc(F)cc45)sc3n2)c1. The molecule has 0 amide bonds. The number of fused-ring (bicyclic) bond motifs is 2. The average Bonchev–Trinajstić information content (AvgIpc) is 3.31. The first kappa shape index (κ1) is 17.7. The number of nitrogens with zero attached hydrogens (tertiary/aromatic N) is 3. The fourth-order valence-corrected chi connectivity index (χ4v) is 3.94. The summed E-state index contributed by atoms with van der Waals surface area (Å²) < 4.78 is 32.7. The highest BCUT2D eigenvalue weighted by atomic mass is 32.1. The maximum Gasteiger partial charge on any atom is 0.275 e. The van der Waals surface area contributed by atoms with Gasteiger partial charge in [-0.3, -0.25) is 0 Å². The predicted molar refractivity (Wildman–Crippen MR) is 108 cm³/mol. The molecule has 0 atom stereocenters. The Morgan fingerprint density at radius 3 is 2.83 bits per heavy atom. The van der Waals surface area contributed by atoms with Gasteiger partial charge in [-0.15, -0.1) is 0 Å². The van der Waals surface area contributed by atoms with Gasteiger partial charge in [-0.1, -0.05) is 23.5 Å². The van der Waals surface area contributed by atoms with Crippen molar-refractivity contribution in [3.05, 3.63) is 72.1 Å². The van der Waals surface area contributed by atoms with E-state index >= 15 is 0 Å². The molecule has 1 N–H and O–H groups in total. The maximum absolute atomic E-state index is 13.5. The number of aromatic amines is 1. The van der Waals surface area contributed by atoms with Gasteiger partial charge in [0, 0.05) is 29.1 Å². The van der Waals surface area contributed by atoms with E-state index in [1.54, 1.807) is 24.4 Å². The van der Waals surface area contributed by atoms with Gasteiger partial charge in [-0.2, -0.15) is 4.98 Å². The topological polar surface area (TPSA) is 63.7 Å². The van der Waals surface area contributed by atoms with Gasteiger partial charge >= 0.3 is 0 Å². The van der Waals surface area contributed by atoms with Crippen molar-refractivity contribution < 1.29 is 13.5 Å². The number of thiazole rings is 1. The summed E-state index contributed by atoms with van der Waals surface area (Å²) in [6, 6.07) is 10.8. The summed E-state index contributed by atoms with van der Waals surface area (Å²) in [6.07, 6.45) is 4.08. The second kappa shape index (κ2) is 7.21. The van der Waals surface area contributed by atoms with E-state index in [1.165, 1.54) is 35.6 Å².